The van der Waals surface area contributed by atoms with Gasteiger partial charge in [-0.05, 0) is 148 Å². The third kappa shape index (κ3) is 11.9. The van der Waals surface area contributed by atoms with Crippen molar-refractivity contribution in [2.45, 2.75) is 76.7 Å². The van der Waals surface area contributed by atoms with E-state index in [1.165, 1.54) is 0 Å². The second-order valence-corrected chi connectivity index (χ2v) is 32.6. The Morgan fingerprint density at radius 3 is 1.49 bits per heavy atom. The van der Waals surface area contributed by atoms with Gasteiger partial charge in [-0.2, -0.15) is 10.2 Å². The summed E-state index contributed by atoms with van der Waals surface area (Å²) in [6, 6.07) is 41.7. The second kappa shape index (κ2) is 20.8. The van der Waals surface area contributed by atoms with Crippen LogP contribution in [0.4, 0.5) is 5.69 Å². The van der Waals surface area contributed by atoms with Gasteiger partial charge in [-0.3, -0.25) is 14.4 Å². The average Bonchev–Trinajstić information content (AvgIpc) is 4.16. The van der Waals surface area contributed by atoms with Crippen LogP contribution in [0.5, 0.6) is 0 Å². The fourth-order valence-electron chi connectivity index (χ4n) is 9.45. The van der Waals surface area contributed by atoms with Crippen LogP contribution in [0.2, 0.25) is 39.3 Å². The van der Waals surface area contributed by atoms with E-state index in [0.29, 0.717) is 33.2 Å². The minimum atomic E-state index is -2.39. The average molecular weight is 1050 g/mol. The van der Waals surface area contributed by atoms with E-state index in [1.807, 2.05) is 137 Å². The highest BCUT2D eigenvalue weighted by molar-refractivity contribution is 6.83. The molecule has 0 bridgehead atoms. The van der Waals surface area contributed by atoms with Gasteiger partial charge in [0.15, 0.2) is 16.6 Å². The molecule has 0 saturated carbocycles. The molecule has 1 fully saturated rings. The van der Waals surface area contributed by atoms with Crippen LogP contribution in [0.1, 0.15) is 67.8 Å². The van der Waals surface area contributed by atoms with Crippen molar-refractivity contribution in [1.29, 1.82) is 0 Å². The Morgan fingerprint density at radius 1 is 0.595 bits per heavy atom. The van der Waals surface area contributed by atoms with E-state index >= 15 is 0 Å². The number of fused-ring (bicyclic) bond motifs is 3. The van der Waals surface area contributed by atoms with Crippen molar-refractivity contribution >= 4 is 86.4 Å². The molecule has 382 valence electrons. The number of hydrogen-bond donors (Lipinski definition) is 7. The van der Waals surface area contributed by atoms with Crippen LogP contribution in [0.3, 0.4) is 0 Å². The fourth-order valence-corrected chi connectivity index (χ4v) is 12.9. The largest absolute Gasteiger partial charge is 0.432 e. The molecule has 6 aromatic carbocycles. The topological polar surface area (TPSA) is 258 Å². The summed E-state index contributed by atoms with van der Waals surface area (Å²) in [6.45, 7) is 14.6. The summed E-state index contributed by atoms with van der Waals surface area (Å²) in [6.07, 6.45) is 5.74. The molecule has 0 radical (unpaired) electrons. The van der Waals surface area contributed by atoms with E-state index in [2.05, 4.69) is 39.1 Å². The summed E-state index contributed by atoms with van der Waals surface area (Å²) in [7, 11) is -6.62. The van der Waals surface area contributed by atoms with Gasteiger partial charge in [-0.15, -0.1) is 0 Å². The van der Waals surface area contributed by atoms with Crippen LogP contribution in [0, 0.1) is 0 Å². The molecule has 1 atom stereocenters. The van der Waals surface area contributed by atoms with Gasteiger partial charge in [0, 0.05) is 35.4 Å². The summed E-state index contributed by atoms with van der Waals surface area (Å²) in [5.74, 6) is -0.600. The maximum atomic E-state index is 11.8. The number of carbonyl (C=O) groups excluding carboxylic acids is 3. The Labute approximate surface area is 432 Å². The fraction of sp³-hybridized carbons (Fsp3) is 0.236. The highest BCUT2D eigenvalue weighted by Crippen LogP contribution is 2.41. The Morgan fingerprint density at radius 2 is 1.04 bits per heavy atom. The molecule has 10 N–H and O–H groups in total. The van der Waals surface area contributed by atoms with Gasteiger partial charge in [0.2, 0.25) is 8.32 Å². The van der Waals surface area contributed by atoms with Crippen molar-refractivity contribution in [2.75, 3.05) is 11.4 Å². The van der Waals surface area contributed by atoms with Crippen molar-refractivity contribution in [3.05, 3.63) is 173 Å². The number of benzene rings is 6. The number of rotatable bonds is 12. The van der Waals surface area contributed by atoms with Gasteiger partial charge in [-0.25, -0.2) is 14.3 Å². The predicted molar refractivity (Wildman–Crippen MR) is 300 cm³/mol. The van der Waals surface area contributed by atoms with Gasteiger partial charge in [0.05, 0.1) is 39.1 Å². The van der Waals surface area contributed by atoms with Crippen molar-refractivity contribution in [2.24, 2.45) is 17.2 Å². The molecule has 19 heteroatoms. The van der Waals surface area contributed by atoms with Crippen molar-refractivity contribution in [1.82, 2.24) is 29.5 Å². The number of nitrogens with zero attached hydrogens (tertiary/aromatic N) is 6. The monoisotopic (exact) mass is 1040 g/mol. The zero-order valence-corrected chi connectivity index (χ0v) is 45.8. The number of nitrogens with two attached hydrogens (primary N) is 3. The predicted octanol–water partition coefficient (Wildman–Crippen LogP) is 7.39. The van der Waals surface area contributed by atoms with Crippen LogP contribution in [0.15, 0.2) is 140 Å². The molecular weight excluding hydrogens is 981 g/mol. The van der Waals surface area contributed by atoms with Crippen molar-refractivity contribution < 1.29 is 28.8 Å². The summed E-state index contributed by atoms with van der Waals surface area (Å²) in [5, 5.41) is 11.7. The molecule has 3 aromatic heterocycles. The molecule has 3 amide bonds. The third-order valence-corrected chi connectivity index (χ3v) is 17.3. The SMILES string of the molecule is CC1(c2nc3c(C(N)=O)cccc3[nH]2)CCCN1c1cccc([Si](C)(C)O)c1.C[Si](C)(O)Cc1ccc(-n2cc3cccc(C(N)=O)c3n2)cc1.C[Si](C)(O)Cc1ccc(-n2cc3cccc(C(N)=O)c3n2)cc1. The first-order valence-electron chi connectivity index (χ1n) is 24.5. The molecule has 74 heavy (non-hydrogen) atoms. The minimum Gasteiger partial charge on any atom is -0.432 e. The highest BCUT2D eigenvalue weighted by atomic mass is 28.4. The number of aromatic nitrogens is 6. The van der Waals surface area contributed by atoms with E-state index in [-0.39, 0.29) is 5.54 Å². The van der Waals surface area contributed by atoms with E-state index in [1.54, 1.807) is 39.7 Å². The number of para-hydroxylation sites is 1. The molecule has 4 heterocycles. The standard InChI is InChI=1S/C21H26N4O2Si.2C17H19N3O2Si/c1-21(20-23-17-10-5-9-16(19(22)26)18(17)24-20)11-6-12-25(21)14-7-4-8-15(13-14)28(2,3)27;2*1-23(2,22)11-12-6-8-14(9-7-12)20-10-13-4-3-5-15(17(18)21)16(13)19-20/h4-5,7-10,13,27H,6,11-12H2,1-3H3,(H2,22,26)(H,23,24);2*3-10,22H,11H2,1-2H3,(H2,18,21). The number of H-pyrrole nitrogens is 1. The van der Waals surface area contributed by atoms with Crippen LogP contribution in [0.25, 0.3) is 44.2 Å². The van der Waals surface area contributed by atoms with E-state index in [0.717, 1.165) is 87.0 Å². The number of imidazole rings is 1. The van der Waals surface area contributed by atoms with E-state index in [9.17, 15) is 28.8 Å². The van der Waals surface area contributed by atoms with Crippen LogP contribution in [-0.4, -0.2) is 93.1 Å². The number of aromatic amines is 1. The normalized spacial score (nSPS) is 14.9. The first kappa shape index (κ1) is 52.8. The molecule has 1 saturated heterocycles. The summed E-state index contributed by atoms with van der Waals surface area (Å²) in [5.41, 5.74) is 25.0. The molecule has 1 aliphatic rings. The van der Waals surface area contributed by atoms with Crippen LogP contribution >= 0.6 is 0 Å². The van der Waals surface area contributed by atoms with Crippen molar-refractivity contribution in [3.63, 3.8) is 0 Å². The number of anilines is 1. The lowest BCUT2D eigenvalue weighted by Gasteiger charge is -2.36. The molecular formula is C55H64N10O6Si3. The zero-order valence-electron chi connectivity index (χ0n) is 42.8. The quantitative estimate of drug-likeness (QED) is 0.0597. The molecule has 9 aromatic rings. The van der Waals surface area contributed by atoms with Crippen molar-refractivity contribution in [3.8, 4) is 11.4 Å². The zero-order chi connectivity index (χ0) is 53.3. The molecule has 10 rings (SSSR count). The van der Waals surface area contributed by atoms with E-state index < -0.39 is 42.7 Å². The Balaban J connectivity index is 0.000000149. The summed E-state index contributed by atoms with van der Waals surface area (Å²) < 4.78 is 3.48. The lowest BCUT2D eigenvalue weighted by atomic mass is 9.97. The van der Waals surface area contributed by atoms with Gasteiger partial charge >= 0.3 is 0 Å². The van der Waals surface area contributed by atoms with Gasteiger partial charge in [-0.1, -0.05) is 66.7 Å². The molecule has 0 aliphatic carbocycles. The number of hydrogen-bond acceptors (Lipinski definition) is 10. The lowest BCUT2D eigenvalue weighted by Crippen LogP contribution is -2.43. The Hall–Kier alpha value is -7.53. The first-order valence-corrected chi connectivity index (χ1v) is 33.7. The maximum absolute atomic E-state index is 11.8. The first-order chi connectivity index (χ1) is 34.9. The summed E-state index contributed by atoms with van der Waals surface area (Å²) in [4.78, 5) is 75.9. The van der Waals surface area contributed by atoms with Crippen LogP contribution in [-0.2, 0) is 17.6 Å². The number of carbonyl (C=O) groups is 3. The smallest absolute Gasteiger partial charge is 0.250 e. The number of amides is 3. The highest BCUT2D eigenvalue weighted by Gasteiger charge is 2.41. The number of nitrogens with one attached hydrogen (secondary N) is 1. The van der Waals surface area contributed by atoms with Gasteiger partial charge in [0.1, 0.15) is 22.4 Å². The van der Waals surface area contributed by atoms with Gasteiger partial charge < -0.3 is 41.5 Å². The lowest BCUT2D eigenvalue weighted by molar-refractivity contribution is 0.0993. The second-order valence-electron chi connectivity index (χ2n) is 21.0. The molecule has 1 unspecified atom stereocenters. The Bertz CT molecular complexity index is 3370. The van der Waals surface area contributed by atoms with E-state index in [4.69, 9.17) is 22.2 Å². The number of primary amides is 3. The minimum absolute atomic E-state index is 0.326. The molecule has 16 nitrogen and oxygen atoms in total. The van der Waals surface area contributed by atoms with Gasteiger partial charge in [0.25, 0.3) is 17.7 Å². The maximum Gasteiger partial charge on any atom is 0.250 e. The Kier molecular flexibility index (Phi) is 14.8. The molecule has 0 spiro atoms. The molecule has 1 aliphatic heterocycles. The van der Waals surface area contributed by atoms with Crippen LogP contribution < -0.4 is 27.3 Å². The summed E-state index contributed by atoms with van der Waals surface area (Å²) >= 11 is 0. The third-order valence-electron chi connectivity index (χ3n) is 13.1.